The fourth-order valence-electron chi connectivity index (χ4n) is 2.18. The second kappa shape index (κ2) is 6.69. The van der Waals surface area contributed by atoms with E-state index in [1.807, 2.05) is 0 Å². The van der Waals surface area contributed by atoms with Gasteiger partial charge in [-0.15, -0.1) is 0 Å². The second-order valence-corrected chi connectivity index (χ2v) is 7.37. The largest absolute Gasteiger partial charge is 0.495 e. The minimum Gasteiger partial charge on any atom is -0.495 e. The molecule has 8 nitrogen and oxygen atoms in total. The maximum absolute atomic E-state index is 12.5. The van der Waals surface area contributed by atoms with Crippen molar-refractivity contribution in [2.24, 2.45) is 0 Å². The van der Waals surface area contributed by atoms with Crippen LogP contribution in [0.2, 0.25) is 0 Å². The number of pyridine rings is 1. The third-order valence-corrected chi connectivity index (χ3v) is 5.17. The molecule has 1 amide bonds. The molecule has 0 atom stereocenters. The number of sulfonamides is 1. The van der Waals surface area contributed by atoms with E-state index in [-0.39, 0.29) is 22.4 Å². The summed E-state index contributed by atoms with van der Waals surface area (Å²) in [5.41, 5.74) is 6.48. The van der Waals surface area contributed by atoms with Gasteiger partial charge in [-0.25, -0.2) is 18.1 Å². The highest BCUT2D eigenvalue weighted by atomic mass is 32.2. The summed E-state index contributed by atoms with van der Waals surface area (Å²) >= 11 is 0. The van der Waals surface area contributed by atoms with Gasteiger partial charge in [-0.3, -0.25) is 4.79 Å². The Morgan fingerprint density at radius 2 is 2.04 bits per heavy atom. The van der Waals surface area contributed by atoms with Crippen LogP contribution in [-0.4, -0.2) is 32.5 Å². The molecule has 132 valence electrons. The minimum absolute atomic E-state index is 0.0232. The van der Waals surface area contributed by atoms with E-state index in [0.717, 1.165) is 12.8 Å². The van der Waals surface area contributed by atoms with Crippen LogP contribution in [0.15, 0.2) is 41.4 Å². The zero-order valence-corrected chi connectivity index (χ0v) is 14.3. The molecular weight excluding hydrogens is 344 g/mol. The van der Waals surface area contributed by atoms with Crippen molar-refractivity contribution in [2.45, 2.75) is 23.8 Å². The molecule has 25 heavy (non-hydrogen) atoms. The number of hydrogen-bond donors (Lipinski definition) is 3. The standard InChI is InChI=1S/C16H18N4O4S/c1-24-14-7-5-12(8-15(14)25(22,23)20-11-3-4-11)19-16(21)13-6-2-10(17)9-18-13/h2,5-9,11,20H,3-4,17H2,1H3,(H,19,21). The normalized spacial score (nSPS) is 14.1. The van der Waals surface area contributed by atoms with E-state index in [9.17, 15) is 13.2 Å². The Morgan fingerprint density at radius 3 is 2.64 bits per heavy atom. The summed E-state index contributed by atoms with van der Waals surface area (Å²) in [4.78, 5) is 16.1. The van der Waals surface area contributed by atoms with E-state index in [4.69, 9.17) is 10.5 Å². The number of nitrogen functional groups attached to an aromatic ring is 1. The van der Waals surface area contributed by atoms with Crippen LogP contribution in [0, 0.1) is 0 Å². The van der Waals surface area contributed by atoms with Crippen molar-refractivity contribution in [3.05, 3.63) is 42.2 Å². The highest BCUT2D eigenvalue weighted by Gasteiger charge is 2.30. The summed E-state index contributed by atoms with van der Waals surface area (Å²) < 4.78 is 32.7. The predicted octanol–water partition coefficient (Wildman–Crippen LogP) is 1.37. The molecule has 1 heterocycles. The predicted molar refractivity (Wildman–Crippen MR) is 92.9 cm³/mol. The number of ether oxygens (including phenoxy) is 1. The zero-order chi connectivity index (χ0) is 18.0. The van der Waals surface area contributed by atoms with Crippen molar-refractivity contribution in [3.63, 3.8) is 0 Å². The van der Waals surface area contributed by atoms with Gasteiger partial charge in [0.2, 0.25) is 10.0 Å². The summed E-state index contributed by atoms with van der Waals surface area (Å²) in [6.07, 6.45) is 3.01. The third-order valence-electron chi connectivity index (χ3n) is 3.63. The SMILES string of the molecule is COc1ccc(NC(=O)c2ccc(N)cn2)cc1S(=O)(=O)NC1CC1. The first-order valence-electron chi connectivity index (χ1n) is 7.62. The monoisotopic (exact) mass is 362 g/mol. The Bertz CT molecular complexity index is 893. The number of nitrogens with one attached hydrogen (secondary N) is 2. The third kappa shape index (κ3) is 4.06. The van der Waals surface area contributed by atoms with E-state index in [0.29, 0.717) is 11.4 Å². The molecule has 1 aliphatic carbocycles. The van der Waals surface area contributed by atoms with Crippen LogP contribution < -0.4 is 20.5 Å². The van der Waals surface area contributed by atoms with Crippen molar-refractivity contribution in [1.82, 2.24) is 9.71 Å². The number of nitrogens with zero attached hydrogens (tertiary/aromatic N) is 1. The molecule has 0 aliphatic heterocycles. The molecular formula is C16H18N4O4S. The van der Waals surface area contributed by atoms with Crippen LogP contribution in [0.1, 0.15) is 23.3 Å². The van der Waals surface area contributed by atoms with Crippen LogP contribution in [0.5, 0.6) is 5.75 Å². The molecule has 0 bridgehead atoms. The van der Waals surface area contributed by atoms with Gasteiger partial charge in [-0.2, -0.15) is 0 Å². The number of aromatic nitrogens is 1. The summed E-state index contributed by atoms with van der Waals surface area (Å²) in [6.45, 7) is 0. The maximum Gasteiger partial charge on any atom is 0.274 e. The maximum atomic E-state index is 12.5. The lowest BCUT2D eigenvalue weighted by Crippen LogP contribution is -2.26. The molecule has 9 heteroatoms. The number of hydrogen-bond acceptors (Lipinski definition) is 6. The highest BCUT2D eigenvalue weighted by Crippen LogP contribution is 2.29. The first-order chi connectivity index (χ1) is 11.9. The number of nitrogens with two attached hydrogens (primary N) is 1. The number of anilines is 2. The average Bonchev–Trinajstić information content (AvgIpc) is 3.38. The van der Waals surface area contributed by atoms with E-state index in [1.165, 1.54) is 31.5 Å². The molecule has 1 saturated carbocycles. The summed E-state index contributed by atoms with van der Waals surface area (Å²) in [5, 5.41) is 2.62. The molecule has 2 aromatic rings. The van der Waals surface area contributed by atoms with Gasteiger partial charge >= 0.3 is 0 Å². The summed E-state index contributed by atoms with van der Waals surface area (Å²) in [6, 6.07) is 7.43. The Hall–Kier alpha value is -2.65. The molecule has 1 aliphatic rings. The molecule has 1 aromatic carbocycles. The molecule has 0 unspecified atom stereocenters. The molecule has 0 radical (unpaired) electrons. The Labute approximate surface area is 145 Å². The molecule has 1 aromatic heterocycles. The second-order valence-electron chi connectivity index (χ2n) is 5.69. The van der Waals surface area contributed by atoms with E-state index in [2.05, 4.69) is 15.0 Å². The Balaban J connectivity index is 1.86. The smallest absolute Gasteiger partial charge is 0.274 e. The van der Waals surface area contributed by atoms with Crippen LogP contribution >= 0.6 is 0 Å². The van der Waals surface area contributed by atoms with Crippen molar-refractivity contribution in [2.75, 3.05) is 18.2 Å². The lowest BCUT2D eigenvalue weighted by Gasteiger charge is -2.12. The number of methoxy groups -OCH3 is 1. The fraction of sp³-hybridized carbons (Fsp3) is 0.250. The van der Waals surface area contributed by atoms with Gasteiger partial charge in [-0.05, 0) is 43.2 Å². The zero-order valence-electron chi connectivity index (χ0n) is 13.5. The van der Waals surface area contributed by atoms with Gasteiger partial charge in [0, 0.05) is 11.7 Å². The number of rotatable bonds is 6. The van der Waals surface area contributed by atoms with E-state index >= 15 is 0 Å². The molecule has 4 N–H and O–H groups in total. The highest BCUT2D eigenvalue weighted by molar-refractivity contribution is 7.89. The molecule has 0 spiro atoms. The van der Waals surface area contributed by atoms with Gasteiger partial charge in [0.25, 0.3) is 5.91 Å². The van der Waals surface area contributed by atoms with Crippen LogP contribution in [0.3, 0.4) is 0 Å². The minimum atomic E-state index is -3.73. The molecule has 3 rings (SSSR count). The van der Waals surface area contributed by atoms with Crippen molar-refractivity contribution in [3.8, 4) is 5.75 Å². The first-order valence-corrected chi connectivity index (χ1v) is 9.10. The number of carbonyl (C=O) groups excluding carboxylic acids is 1. The topological polar surface area (TPSA) is 123 Å². The van der Waals surface area contributed by atoms with Crippen molar-refractivity contribution >= 4 is 27.3 Å². The van der Waals surface area contributed by atoms with Crippen LogP contribution in [0.4, 0.5) is 11.4 Å². The molecule has 0 saturated heterocycles. The fourth-order valence-corrected chi connectivity index (χ4v) is 3.68. The van der Waals surface area contributed by atoms with Crippen LogP contribution in [-0.2, 0) is 10.0 Å². The van der Waals surface area contributed by atoms with Gasteiger partial charge in [0.15, 0.2) is 0 Å². The lowest BCUT2D eigenvalue weighted by molar-refractivity contribution is 0.102. The quantitative estimate of drug-likeness (QED) is 0.713. The van der Waals surface area contributed by atoms with Crippen molar-refractivity contribution < 1.29 is 17.9 Å². The lowest BCUT2D eigenvalue weighted by atomic mass is 10.2. The van der Waals surface area contributed by atoms with Gasteiger partial charge < -0.3 is 15.8 Å². The van der Waals surface area contributed by atoms with Gasteiger partial charge in [0.1, 0.15) is 16.3 Å². The summed E-state index contributed by atoms with van der Waals surface area (Å²) in [5.74, 6) is -0.263. The number of benzene rings is 1. The average molecular weight is 362 g/mol. The van der Waals surface area contributed by atoms with Gasteiger partial charge in [0.05, 0.1) is 19.0 Å². The number of carbonyl (C=O) groups is 1. The Morgan fingerprint density at radius 1 is 1.28 bits per heavy atom. The van der Waals surface area contributed by atoms with E-state index in [1.54, 1.807) is 12.1 Å². The Kier molecular flexibility index (Phi) is 4.60. The number of amides is 1. The summed E-state index contributed by atoms with van der Waals surface area (Å²) in [7, 11) is -2.34. The van der Waals surface area contributed by atoms with Gasteiger partial charge in [-0.1, -0.05) is 0 Å². The van der Waals surface area contributed by atoms with E-state index < -0.39 is 15.9 Å². The molecule has 1 fully saturated rings. The first kappa shape index (κ1) is 17.2. The van der Waals surface area contributed by atoms with Crippen molar-refractivity contribution in [1.29, 1.82) is 0 Å². The van der Waals surface area contributed by atoms with Crippen LogP contribution in [0.25, 0.3) is 0 Å².